The molecule has 1 aliphatic heterocycles. The fraction of sp³-hybridized carbons (Fsp3) is 0.455. The standard InChI is InChI=1S/C11H15O3PS3/c1-11(2)7-13-15(16,14-8-11)18-17-10-5-3-9(12)4-6-10/h3-6,12H,7-8H2,1-2H3. The summed E-state index contributed by atoms with van der Waals surface area (Å²) in [5.41, 5.74) is -2.17. The van der Waals surface area contributed by atoms with Crippen molar-refractivity contribution in [1.29, 1.82) is 0 Å². The third-order valence-electron chi connectivity index (χ3n) is 2.29. The van der Waals surface area contributed by atoms with Crippen LogP contribution in [0, 0.1) is 5.41 Å². The summed E-state index contributed by atoms with van der Waals surface area (Å²) in [7, 11) is 3.01. The first kappa shape index (κ1) is 14.7. The quantitative estimate of drug-likeness (QED) is 0.655. The molecule has 0 spiro atoms. The second-order valence-corrected chi connectivity index (χ2v) is 12.9. The van der Waals surface area contributed by atoms with Crippen molar-refractivity contribution in [2.24, 2.45) is 5.41 Å². The molecule has 0 aliphatic carbocycles. The van der Waals surface area contributed by atoms with Gasteiger partial charge in [-0.1, -0.05) is 13.8 Å². The van der Waals surface area contributed by atoms with Crippen LogP contribution in [0.4, 0.5) is 0 Å². The van der Waals surface area contributed by atoms with E-state index in [1.807, 2.05) is 12.1 Å². The molecule has 7 heteroatoms. The maximum Gasteiger partial charge on any atom is 0.258 e. The van der Waals surface area contributed by atoms with Gasteiger partial charge in [-0.3, -0.25) is 0 Å². The van der Waals surface area contributed by atoms with Crippen LogP contribution in [0.5, 0.6) is 5.75 Å². The Kier molecular flexibility index (Phi) is 4.68. The van der Waals surface area contributed by atoms with Gasteiger partial charge in [-0.25, -0.2) is 0 Å². The van der Waals surface area contributed by atoms with Crippen molar-refractivity contribution >= 4 is 38.7 Å². The molecule has 100 valence electrons. The van der Waals surface area contributed by atoms with Gasteiger partial charge in [0, 0.05) is 20.7 Å². The monoisotopic (exact) mass is 322 g/mol. The SMILES string of the molecule is CC1(C)COP(=S)(SSc2ccc(O)cc2)OC1. The molecular weight excluding hydrogens is 307 g/mol. The van der Waals surface area contributed by atoms with Gasteiger partial charge in [0.2, 0.25) is 0 Å². The molecule has 0 bridgehead atoms. The molecule has 1 heterocycles. The summed E-state index contributed by atoms with van der Waals surface area (Å²) >= 11 is 5.44. The second kappa shape index (κ2) is 5.73. The lowest BCUT2D eigenvalue weighted by molar-refractivity contribution is 0.0673. The van der Waals surface area contributed by atoms with E-state index in [2.05, 4.69) is 13.8 Å². The molecule has 0 atom stereocenters. The number of benzene rings is 1. The van der Waals surface area contributed by atoms with E-state index in [0.29, 0.717) is 13.2 Å². The summed E-state index contributed by atoms with van der Waals surface area (Å²) in [6, 6.07) is 7.01. The number of hydrogen-bond acceptors (Lipinski definition) is 6. The van der Waals surface area contributed by atoms with Crippen LogP contribution in [0.1, 0.15) is 13.8 Å². The molecule has 1 aromatic carbocycles. The topological polar surface area (TPSA) is 38.7 Å². The Morgan fingerprint density at radius 2 is 1.78 bits per heavy atom. The molecule has 0 saturated carbocycles. The Hall–Kier alpha value is 0.290. The molecule has 1 fully saturated rings. The Morgan fingerprint density at radius 1 is 1.22 bits per heavy atom. The second-order valence-electron chi connectivity index (χ2n) is 4.81. The van der Waals surface area contributed by atoms with Gasteiger partial charge in [-0.15, -0.1) is 0 Å². The van der Waals surface area contributed by atoms with Crippen LogP contribution in [-0.4, -0.2) is 18.3 Å². The zero-order valence-corrected chi connectivity index (χ0v) is 13.5. The number of hydrogen-bond donors (Lipinski definition) is 1. The number of rotatable bonds is 3. The predicted octanol–water partition coefficient (Wildman–Crippen LogP) is 4.43. The minimum absolute atomic E-state index is 0.0477. The average Bonchev–Trinajstić information content (AvgIpc) is 2.33. The Morgan fingerprint density at radius 3 is 2.33 bits per heavy atom. The highest BCUT2D eigenvalue weighted by molar-refractivity contribution is 9.03. The molecular formula is C11H15O3PS3. The van der Waals surface area contributed by atoms with E-state index in [-0.39, 0.29) is 11.2 Å². The fourth-order valence-corrected chi connectivity index (χ4v) is 7.77. The lowest BCUT2D eigenvalue weighted by atomic mass is 9.97. The van der Waals surface area contributed by atoms with Gasteiger partial charge in [0.25, 0.3) is 5.69 Å². The molecule has 0 amide bonds. The number of phenols is 1. The van der Waals surface area contributed by atoms with Crippen molar-refractivity contribution in [3.8, 4) is 5.75 Å². The molecule has 0 radical (unpaired) electrons. The minimum Gasteiger partial charge on any atom is -0.508 e. The van der Waals surface area contributed by atoms with E-state index in [1.165, 1.54) is 21.2 Å². The Balaban J connectivity index is 1.90. The Bertz CT molecular complexity index is 447. The highest BCUT2D eigenvalue weighted by atomic mass is 33.4. The van der Waals surface area contributed by atoms with Gasteiger partial charge < -0.3 is 14.2 Å². The van der Waals surface area contributed by atoms with E-state index < -0.39 is 5.69 Å². The maximum absolute atomic E-state index is 9.20. The van der Waals surface area contributed by atoms with Crippen molar-refractivity contribution < 1.29 is 14.2 Å². The Labute approximate surface area is 120 Å². The van der Waals surface area contributed by atoms with Crippen molar-refractivity contribution in [3.05, 3.63) is 24.3 Å². The van der Waals surface area contributed by atoms with E-state index in [9.17, 15) is 5.11 Å². The molecule has 1 aromatic rings. The summed E-state index contributed by atoms with van der Waals surface area (Å²) in [6.45, 7) is 5.49. The van der Waals surface area contributed by atoms with Gasteiger partial charge in [-0.05, 0) is 46.9 Å². The summed E-state index contributed by atoms with van der Waals surface area (Å²) < 4.78 is 11.4. The first-order valence-corrected chi connectivity index (χ1v) is 10.8. The van der Waals surface area contributed by atoms with E-state index in [1.54, 1.807) is 12.1 Å². The summed E-state index contributed by atoms with van der Waals surface area (Å²) in [5.74, 6) is 0.263. The average molecular weight is 322 g/mol. The molecule has 0 unspecified atom stereocenters. The predicted molar refractivity (Wildman–Crippen MR) is 81.5 cm³/mol. The highest BCUT2D eigenvalue weighted by Gasteiger charge is 2.34. The van der Waals surface area contributed by atoms with Crippen molar-refractivity contribution in [1.82, 2.24) is 0 Å². The van der Waals surface area contributed by atoms with Crippen molar-refractivity contribution in [2.75, 3.05) is 13.2 Å². The third-order valence-corrected chi connectivity index (χ3v) is 10.5. The van der Waals surface area contributed by atoms with Gasteiger partial charge >= 0.3 is 0 Å². The van der Waals surface area contributed by atoms with Gasteiger partial charge in [0.15, 0.2) is 0 Å². The highest BCUT2D eigenvalue weighted by Crippen LogP contribution is 2.69. The normalized spacial score (nSPS) is 21.7. The van der Waals surface area contributed by atoms with E-state index in [4.69, 9.17) is 20.9 Å². The van der Waals surface area contributed by atoms with E-state index in [0.717, 1.165) is 4.90 Å². The summed E-state index contributed by atoms with van der Waals surface area (Å²) in [5, 5.41) is 9.20. The smallest absolute Gasteiger partial charge is 0.258 e. The van der Waals surface area contributed by atoms with Crippen LogP contribution in [0.15, 0.2) is 29.2 Å². The molecule has 0 aromatic heterocycles. The lowest BCUT2D eigenvalue weighted by Crippen LogP contribution is -2.28. The van der Waals surface area contributed by atoms with Crippen LogP contribution in [0.25, 0.3) is 0 Å². The van der Waals surface area contributed by atoms with Gasteiger partial charge in [0.1, 0.15) is 5.75 Å². The largest absolute Gasteiger partial charge is 0.508 e. The zero-order valence-electron chi connectivity index (χ0n) is 10.2. The van der Waals surface area contributed by atoms with Crippen LogP contribution < -0.4 is 0 Å². The van der Waals surface area contributed by atoms with Gasteiger partial charge in [0.05, 0.1) is 13.2 Å². The fourth-order valence-electron chi connectivity index (χ4n) is 1.22. The van der Waals surface area contributed by atoms with Crippen LogP contribution in [-0.2, 0) is 20.9 Å². The van der Waals surface area contributed by atoms with E-state index >= 15 is 0 Å². The molecule has 3 nitrogen and oxygen atoms in total. The first-order chi connectivity index (χ1) is 8.39. The van der Waals surface area contributed by atoms with Gasteiger partial charge in [-0.2, -0.15) is 0 Å². The maximum atomic E-state index is 9.20. The summed E-state index contributed by atoms with van der Waals surface area (Å²) in [6.07, 6.45) is 0. The molecule has 1 aliphatic rings. The zero-order chi connectivity index (χ0) is 13.2. The lowest BCUT2D eigenvalue weighted by Gasteiger charge is -2.35. The van der Waals surface area contributed by atoms with Crippen molar-refractivity contribution in [3.63, 3.8) is 0 Å². The third kappa shape index (κ3) is 4.15. The first-order valence-electron chi connectivity index (χ1n) is 5.43. The molecule has 1 N–H and O–H groups in total. The van der Waals surface area contributed by atoms with Crippen LogP contribution in [0.3, 0.4) is 0 Å². The number of aromatic hydroxyl groups is 1. The summed E-state index contributed by atoms with van der Waals surface area (Å²) in [4.78, 5) is 1.03. The van der Waals surface area contributed by atoms with Crippen LogP contribution in [0.2, 0.25) is 0 Å². The molecule has 1 saturated heterocycles. The van der Waals surface area contributed by atoms with Crippen LogP contribution >= 0.6 is 26.9 Å². The number of phenolic OH excluding ortho intramolecular Hbond substituents is 1. The molecule has 18 heavy (non-hydrogen) atoms. The van der Waals surface area contributed by atoms with Crippen molar-refractivity contribution in [2.45, 2.75) is 18.7 Å². The minimum atomic E-state index is -2.22. The molecule has 2 rings (SSSR count).